The molecule has 4 atom stereocenters. The van der Waals surface area contributed by atoms with E-state index in [1.807, 2.05) is 13.8 Å². The lowest BCUT2D eigenvalue weighted by Gasteiger charge is -2.36. The molecule has 4 rings (SSSR count). The average Bonchev–Trinajstić information content (AvgIpc) is 3.06. The fraction of sp³-hybridized carbons (Fsp3) is 0.441. The number of pyridine rings is 1. The maximum Gasteiger partial charge on any atom is 0.261 e. The zero-order valence-corrected chi connectivity index (χ0v) is 27.7. The van der Waals surface area contributed by atoms with E-state index in [0.717, 1.165) is 12.8 Å². The Balaban J connectivity index is 1.66. The lowest BCUT2D eigenvalue weighted by atomic mass is 10.0. The van der Waals surface area contributed by atoms with Crippen LogP contribution in [-0.4, -0.2) is 91.7 Å². The first-order valence-electron chi connectivity index (χ1n) is 15.6. The summed E-state index contributed by atoms with van der Waals surface area (Å²) in [4.78, 5) is 34.7. The minimum absolute atomic E-state index is 0.0917. The molecule has 2 aromatic carbocycles. The molecule has 12 heteroatoms. The van der Waals surface area contributed by atoms with Crippen molar-refractivity contribution in [2.75, 3.05) is 38.1 Å². The van der Waals surface area contributed by atoms with Crippen LogP contribution < -0.4 is 9.46 Å². The Morgan fingerprint density at radius 3 is 2.52 bits per heavy atom. The lowest BCUT2D eigenvalue weighted by molar-refractivity contribution is -0.0149. The molecule has 248 valence electrons. The van der Waals surface area contributed by atoms with Gasteiger partial charge in [0.15, 0.2) is 0 Å². The van der Waals surface area contributed by atoms with Gasteiger partial charge in [-0.25, -0.2) is 8.42 Å². The smallest absolute Gasteiger partial charge is 0.261 e. The van der Waals surface area contributed by atoms with E-state index in [1.165, 1.54) is 18.2 Å². The normalized spacial score (nSPS) is 20.5. The summed E-state index contributed by atoms with van der Waals surface area (Å²) in [5.41, 5.74) is 0.892. The van der Waals surface area contributed by atoms with Gasteiger partial charge in [-0.1, -0.05) is 25.1 Å². The maximum absolute atomic E-state index is 14.3. The third-order valence-corrected chi connectivity index (χ3v) is 9.48. The van der Waals surface area contributed by atoms with Gasteiger partial charge in [-0.2, -0.15) is 0 Å². The Bertz CT molecular complexity index is 1560. The summed E-state index contributed by atoms with van der Waals surface area (Å²) in [5, 5.41) is 10.2. The molecule has 0 saturated heterocycles. The largest absolute Gasteiger partial charge is 0.490 e. The van der Waals surface area contributed by atoms with Gasteiger partial charge >= 0.3 is 0 Å². The molecule has 46 heavy (non-hydrogen) atoms. The molecule has 11 nitrogen and oxygen atoms in total. The Morgan fingerprint density at radius 1 is 1.11 bits per heavy atom. The Labute approximate surface area is 271 Å². The number of anilines is 1. The summed E-state index contributed by atoms with van der Waals surface area (Å²) in [6, 6.07) is 15.4. The van der Waals surface area contributed by atoms with Gasteiger partial charge in [0.2, 0.25) is 0 Å². The van der Waals surface area contributed by atoms with E-state index in [0.29, 0.717) is 30.9 Å². The van der Waals surface area contributed by atoms with Crippen molar-refractivity contribution in [2.24, 2.45) is 5.92 Å². The molecule has 0 bridgehead atoms. The number of hydrogen-bond donors (Lipinski definition) is 2. The molecule has 3 aromatic rings. The Hall–Kier alpha value is -4.00. The van der Waals surface area contributed by atoms with E-state index in [-0.39, 0.29) is 47.2 Å². The molecule has 2 amide bonds. The SMILES string of the molecule is C[C@@H]1CCCCO[C@@H](CN(C)C(=O)c2ccncc2)[C@@H](C)CN([C@H](C)CO)C(=O)c2cc(NS(=O)(=O)c3ccccc3)ccc2O1. The minimum Gasteiger partial charge on any atom is -0.490 e. The van der Waals surface area contributed by atoms with Crippen LogP contribution in [0.5, 0.6) is 5.75 Å². The molecule has 1 aliphatic heterocycles. The van der Waals surface area contributed by atoms with Crippen molar-refractivity contribution >= 4 is 27.5 Å². The predicted molar refractivity (Wildman–Crippen MR) is 175 cm³/mol. The molecule has 0 saturated carbocycles. The first kappa shape index (κ1) is 34.9. The number of amides is 2. The number of aliphatic hydroxyl groups excluding tert-OH is 1. The van der Waals surface area contributed by atoms with Gasteiger partial charge in [-0.15, -0.1) is 0 Å². The molecule has 1 aromatic heterocycles. The molecular weight excluding hydrogens is 608 g/mol. The van der Waals surface area contributed by atoms with Crippen LogP contribution >= 0.6 is 0 Å². The van der Waals surface area contributed by atoms with E-state index in [4.69, 9.17) is 9.47 Å². The topological polar surface area (TPSA) is 138 Å². The first-order chi connectivity index (χ1) is 22.0. The highest BCUT2D eigenvalue weighted by Gasteiger charge is 2.31. The molecule has 2 N–H and O–H groups in total. The van der Waals surface area contributed by atoms with Crippen molar-refractivity contribution in [3.05, 3.63) is 84.2 Å². The van der Waals surface area contributed by atoms with E-state index >= 15 is 0 Å². The number of carbonyl (C=O) groups excluding carboxylic acids is 2. The van der Waals surface area contributed by atoms with Gasteiger partial charge in [0, 0.05) is 56.3 Å². The van der Waals surface area contributed by atoms with Gasteiger partial charge in [-0.3, -0.25) is 19.3 Å². The fourth-order valence-electron chi connectivity index (χ4n) is 5.33. The summed E-state index contributed by atoms with van der Waals surface area (Å²) >= 11 is 0. The molecule has 0 fully saturated rings. The highest BCUT2D eigenvalue weighted by atomic mass is 32.2. The lowest BCUT2D eigenvalue weighted by Crippen LogP contribution is -2.48. The number of rotatable bonds is 8. The van der Waals surface area contributed by atoms with Gasteiger partial charge in [-0.05, 0) is 75.6 Å². The monoisotopic (exact) mass is 652 g/mol. The van der Waals surface area contributed by atoms with Gasteiger partial charge in [0.1, 0.15) is 5.75 Å². The zero-order chi connectivity index (χ0) is 33.3. The highest BCUT2D eigenvalue weighted by Crippen LogP contribution is 2.29. The van der Waals surface area contributed by atoms with Crippen molar-refractivity contribution in [1.82, 2.24) is 14.8 Å². The van der Waals surface area contributed by atoms with Crippen LogP contribution in [0.4, 0.5) is 5.69 Å². The summed E-state index contributed by atoms with van der Waals surface area (Å²) in [6.45, 7) is 6.30. The standard InChI is InChI=1S/C34H44N4O7S/c1-24-21-38(25(2)23-39)34(41)30-20-28(36-46(42,43)29-11-6-5-7-12-29)13-14-31(30)45-26(3)10-8-9-19-44-32(24)22-37(4)33(40)27-15-17-35-18-16-27/h5-7,11-18,20,24-26,32,36,39H,8-10,19,21-23H2,1-4H3/t24-,25+,26+,32-/m0/s1. The van der Waals surface area contributed by atoms with Crippen LogP contribution in [0.15, 0.2) is 78.0 Å². The second kappa shape index (κ2) is 16.0. The van der Waals surface area contributed by atoms with E-state index in [9.17, 15) is 23.1 Å². The quantitative estimate of drug-likeness (QED) is 0.364. The molecule has 0 aliphatic carbocycles. The molecule has 0 spiro atoms. The number of fused-ring (bicyclic) bond motifs is 1. The number of benzene rings is 2. The van der Waals surface area contributed by atoms with Crippen LogP contribution in [0, 0.1) is 5.92 Å². The Morgan fingerprint density at radius 2 is 1.83 bits per heavy atom. The molecule has 0 radical (unpaired) electrons. The maximum atomic E-state index is 14.3. The van der Waals surface area contributed by atoms with E-state index in [1.54, 1.807) is 78.6 Å². The number of sulfonamides is 1. The zero-order valence-electron chi connectivity index (χ0n) is 26.8. The van der Waals surface area contributed by atoms with Crippen LogP contribution in [-0.2, 0) is 14.8 Å². The molecular formula is C34H44N4O7S. The fourth-order valence-corrected chi connectivity index (χ4v) is 6.40. The molecule has 2 heterocycles. The van der Waals surface area contributed by atoms with Crippen molar-refractivity contribution in [1.29, 1.82) is 0 Å². The minimum atomic E-state index is -3.91. The van der Waals surface area contributed by atoms with Crippen LogP contribution in [0.25, 0.3) is 0 Å². The highest BCUT2D eigenvalue weighted by molar-refractivity contribution is 7.92. The van der Waals surface area contributed by atoms with E-state index in [2.05, 4.69) is 9.71 Å². The molecule has 0 unspecified atom stereocenters. The molecule has 1 aliphatic rings. The third kappa shape index (κ3) is 9.05. The summed E-state index contributed by atoms with van der Waals surface area (Å²) in [7, 11) is -2.20. The average molecular weight is 653 g/mol. The number of nitrogens with zero attached hydrogens (tertiary/aromatic N) is 3. The van der Waals surface area contributed by atoms with Gasteiger partial charge < -0.3 is 24.4 Å². The van der Waals surface area contributed by atoms with Crippen LogP contribution in [0.2, 0.25) is 0 Å². The predicted octanol–water partition coefficient (Wildman–Crippen LogP) is 4.45. The summed E-state index contributed by atoms with van der Waals surface area (Å²) in [6.07, 6.45) is 4.81. The number of likely N-dealkylation sites (N-methyl/N-ethyl adjacent to an activating group) is 1. The van der Waals surface area contributed by atoms with Crippen molar-refractivity contribution < 1.29 is 32.6 Å². The van der Waals surface area contributed by atoms with Gasteiger partial charge in [0.05, 0.1) is 35.3 Å². The number of hydrogen-bond acceptors (Lipinski definition) is 8. The van der Waals surface area contributed by atoms with Crippen molar-refractivity contribution in [3.63, 3.8) is 0 Å². The second-order valence-corrected chi connectivity index (χ2v) is 13.5. The second-order valence-electron chi connectivity index (χ2n) is 11.9. The Kier molecular flexibility index (Phi) is 12.1. The summed E-state index contributed by atoms with van der Waals surface area (Å²) < 4.78 is 41.3. The van der Waals surface area contributed by atoms with Gasteiger partial charge in [0.25, 0.3) is 21.8 Å². The number of aliphatic hydroxyl groups is 1. The van der Waals surface area contributed by atoms with Crippen molar-refractivity contribution in [3.8, 4) is 5.75 Å². The van der Waals surface area contributed by atoms with E-state index < -0.39 is 28.1 Å². The number of ether oxygens (including phenoxy) is 2. The van der Waals surface area contributed by atoms with Crippen LogP contribution in [0.1, 0.15) is 60.7 Å². The first-order valence-corrected chi connectivity index (χ1v) is 17.1. The third-order valence-electron chi connectivity index (χ3n) is 8.09. The van der Waals surface area contributed by atoms with Crippen molar-refractivity contribution in [2.45, 2.75) is 63.2 Å². The number of carbonyl (C=O) groups is 2. The number of aromatic nitrogens is 1. The van der Waals surface area contributed by atoms with Crippen LogP contribution in [0.3, 0.4) is 0 Å². The summed E-state index contributed by atoms with van der Waals surface area (Å²) in [5.74, 6) is -0.500. The number of nitrogens with one attached hydrogen (secondary N) is 1.